The Bertz CT molecular complexity index is 444. The second-order valence-electron chi connectivity index (χ2n) is 4.46. The molecule has 0 amide bonds. The minimum atomic E-state index is -0.777. The first-order valence-corrected chi connectivity index (χ1v) is 5.53. The van der Waals surface area contributed by atoms with Crippen molar-refractivity contribution < 1.29 is 9.90 Å². The number of nitrogens with zero attached hydrogens (tertiary/aromatic N) is 1. The molecule has 0 radical (unpaired) electrons. The molecule has 0 unspecified atom stereocenters. The number of carbonyl (C=O) groups is 1. The van der Waals surface area contributed by atoms with Gasteiger partial charge in [0.25, 0.3) is 5.56 Å². The molecule has 0 spiro atoms. The van der Waals surface area contributed by atoms with Crippen molar-refractivity contribution in [2.45, 2.75) is 32.2 Å². The van der Waals surface area contributed by atoms with Crippen LogP contribution in [0.3, 0.4) is 0 Å². The lowest BCUT2D eigenvalue weighted by Gasteiger charge is -2.24. The Balaban J connectivity index is 2.28. The normalized spacial score (nSPS) is 18.5. The van der Waals surface area contributed by atoms with Gasteiger partial charge in [-0.05, 0) is 18.9 Å². The summed E-state index contributed by atoms with van der Waals surface area (Å²) >= 11 is 0. The van der Waals surface area contributed by atoms with Gasteiger partial charge in [-0.1, -0.05) is 18.9 Å². The van der Waals surface area contributed by atoms with Gasteiger partial charge in [0.2, 0.25) is 0 Å². The smallest absolute Gasteiger partial charge is 0.311 e. The van der Waals surface area contributed by atoms with Gasteiger partial charge >= 0.3 is 5.97 Å². The summed E-state index contributed by atoms with van der Waals surface area (Å²) in [6.45, 7) is 0.294. The maximum absolute atomic E-state index is 11.5. The van der Waals surface area contributed by atoms with E-state index in [1.165, 1.54) is 10.6 Å². The predicted molar refractivity (Wildman–Crippen MR) is 59.2 cm³/mol. The van der Waals surface area contributed by atoms with E-state index in [1.807, 2.05) is 0 Å². The van der Waals surface area contributed by atoms with Crippen LogP contribution in [0.1, 0.15) is 25.7 Å². The highest BCUT2D eigenvalue weighted by atomic mass is 16.4. The fraction of sp³-hybridized carbons (Fsp3) is 0.500. The first-order valence-electron chi connectivity index (χ1n) is 5.53. The van der Waals surface area contributed by atoms with Crippen molar-refractivity contribution in [2.24, 2.45) is 5.41 Å². The molecule has 4 heteroatoms. The Morgan fingerprint density at radius 3 is 2.62 bits per heavy atom. The first-order chi connectivity index (χ1) is 7.64. The van der Waals surface area contributed by atoms with E-state index in [4.69, 9.17) is 0 Å². The van der Waals surface area contributed by atoms with E-state index >= 15 is 0 Å². The highest BCUT2D eigenvalue weighted by Gasteiger charge is 2.41. The van der Waals surface area contributed by atoms with Crippen molar-refractivity contribution in [1.29, 1.82) is 0 Å². The Labute approximate surface area is 93.5 Å². The molecule has 1 aromatic heterocycles. The highest BCUT2D eigenvalue weighted by molar-refractivity contribution is 5.74. The number of rotatable bonds is 3. The van der Waals surface area contributed by atoms with Crippen LogP contribution < -0.4 is 5.56 Å². The molecule has 4 nitrogen and oxygen atoms in total. The molecule has 0 atom stereocenters. The maximum Gasteiger partial charge on any atom is 0.311 e. The molecule has 1 heterocycles. The lowest BCUT2D eigenvalue weighted by Crippen LogP contribution is -2.36. The minimum Gasteiger partial charge on any atom is -0.481 e. The van der Waals surface area contributed by atoms with Crippen molar-refractivity contribution >= 4 is 5.97 Å². The summed E-state index contributed by atoms with van der Waals surface area (Å²) < 4.78 is 1.50. The van der Waals surface area contributed by atoms with Gasteiger partial charge in [-0.2, -0.15) is 0 Å². The number of carboxylic acid groups (broad SMARTS) is 1. The molecule has 0 aliphatic heterocycles. The average Bonchev–Trinajstić information content (AvgIpc) is 2.71. The first kappa shape index (κ1) is 10.9. The van der Waals surface area contributed by atoms with E-state index < -0.39 is 11.4 Å². The van der Waals surface area contributed by atoms with Crippen LogP contribution in [0.4, 0.5) is 0 Å². The number of aromatic nitrogens is 1. The summed E-state index contributed by atoms with van der Waals surface area (Å²) in [4.78, 5) is 22.9. The molecule has 1 N–H and O–H groups in total. The largest absolute Gasteiger partial charge is 0.481 e. The van der Waals surface area contributed by atoms with Gasteiger partial charge in [0, 0.05) is 18.8 Å². The second-order valence-corrected chi connectivity index (χ2v) is 4.46. The molecular weight excluding hydrogens is 206 g/mol. The summed E-state index contributed by atoms with van der Waals surface area (Å²) in [7, 11) is 0. The molecule has 0 aromatic carbocycles. The van der Waals surface area contributed by atoms with Gasteiger partial charge in [-0.3, -0.25) is 9.59 Å². The zero-order valence-electron chi connectivity index (χ0n) is 9.06. The maximum atomic E-state index is 11.5. The topological polar surface area (TPSA) is 59.3 Å². The Kier molecular flexibility index (Phi) is 2.81. The van der Waals surface area contributed by atoms with Crippen LogP contribution >= 0.6 is 0 Å². The molecule has 0 bridgehead atoms. The van der Waals surface area contributed by atoms with E-state index in [1.54, 1.807) is 18.3 Å². The van der Waals surface area contributed by atoms with E-state index in [0.717, 1.165) is 12.8 Å². The Hall–Kier alpha value is -1.58. The van der Waals surface area contributed by atoms with Gasteiger partial charge in [0.05, 0.1) is 5.41 Å². The minimum absolute atomic E-state index is 0.130. The molecular formula is C12H15NO3. The van der Waals surface area contributed by atoms with Crippen molar-refractivity contribution in [1.82, 2.24) is 4.57 Å². The third-order valence-corrected chi connectivity index (χ3v) is 3.39. The van der Waals surface area contributed by atoms with Crippen LogP contribution in [-0.4, -0.2) is 15.6 Å². The lowest BCUT2D eigenvalue weighted by molar-refractivity contribution is -0.149. The zero-order chi connectivity index (χ0) is 11.6. The van der Waals surface area contributed by atoms with E-state index in [0.29, 0.717) is 19.4 Å². The average molecular weight is 221 g/mol. The van der Waals surface area contributed by atoms with Gasteiger partial charge in [-0.25, -0.2) is 0 Å². The quantitative estimate of drug-likeness (QED) is 0.841. The molecule has 1 aliphatic carbocycles. The molecule has 1 aromatic rings. The Morgan fingerprint density at radius 1 is 1.38 bits per heavy atom. The standard InChI is InChI=1S/C12H15NO3/c14-10-5-1-4-8-13(10)9-12(11(15)16)6-2-3-7-12/h1,4-5,8H,2-3,6-7,9H2,(H,15,16). The van der Waals surface area contributed by atoms with Gasteiger partial charge in [0.15, 0.2) is 0 Å². The molecule has 1 aliphatic rings. The molecule has 0 saturated heterocycles. The number of aliphatic carboxylic acids is 1. The van der Waals surface area contributed by atoms with Crippen LogP contribution in [0.5, 0.6) is 0 Å². The third kappa shape index (κ3) is 1.87. The monoisotopic (exact) mass is 221 g/mol. The second kappa shape index (κ2) is 4.12. The van der Waals surface area contributed by atoms with E-state index in [9.17, 15) is 14.7 Å². The summed E-state index contributed by atoms with van der Waals surface area (Å²) in [5.41, 5.74) is -0.861. The predicted octanol–water partition coefficient (Wildman–Crippen LogP) is 1.49. The zero-order valence-corrected chi connectivity index (χ0v) is 9.06. The van der Waals surface area contributed by atoms with Crippen LogP contribution in [0.2, 0.25) is 0 Å². The summed E-state index contributed by atoms with van der Waals surface area (Å²) in [5, 5.41) is 9.30. The summed E-state index contributed by atoms with van der Waals surface area (Å²) in [6.07, 6.45) is 4.88. The summed E-state index contributed by atoms with van der Waals surface area (Å²) in [6, 6.07) is 4.89. The van der Waals surface area contributed by atoms with E-state index in [2.05, 4.69) is 0 Å². The fourth-order valence-corrected chi connectivity index (χ4v) is 2.41. The molecule has 86 valence electrons. The number of pyridine rings is 1. The van der Waals surface area contributed by atoms with Crippen LogP contribution in [0, 0.1) is 5.41 Å². The number of hydrogen-bond donors (Lipinski definition) is 1. The molecule has 16 heavy (non-hydrogen) atoms. The van der Waals surface area contributed by atoms with Crippen LogP contribution in [0.15, 0.2) is 29.2 Å². The third-order valence-electron chi connectivity index (χ3n) is 3.39. The van der Waals surface area contributed by atoms with Crippen molar-refractivity contribution in [3.8, 4) is 0 Å². The van der Waals surface area contributed by atoms with Gasteiger partial charge in [0.1, 0.15) is 0 Å². The fourth-order valence-electron chi connectivity index (χ4n) is 2.41. The molecule has 1 saturated carbocycles. The van der Waals surface area contributed by atoms with Crippen molar-refractivity contribution in [2.75, 3.05) is 0 Å². The number of carboxylic acids is 1. The van der Waals surface area contributed by atoms with E-state index in [-0.39, 0.29) is 5.56 Å². The van der Waals surface area contributed by atoms with Crippen molar-refractivity contribution in [3.63, 3.8) is 0 Å². The summed E-state index contributed by atoms with van der Waals surface area (Å²) in [5.74, 6) is -0.777. The number of hydrogen-bond acceptors (Lipinski definition) is 2. The van der Waals surface area contributed by atoms with Gasteiger partial charge < -0.3 is 9.67 Å². The molecule has 2 rings (SSSR count). The van der Waals surface area contributed by atoms with Gasteiger partial charge in [-0.15, -0.1) is 0 Å². The SMILES string of the molecule is O=C(O)C1(Cn2ccccc2=O)CCCC1. The van der Waals surface area contributed by atoms with Crippen LogP contribution in [0.25, 0.3) is 0 Å². The lowest BCUT2D eigenvalue weighted by atomic mass is 9.86. The molecule has 1 fully saturated rings. The Morgan fingerprint density at radius 2 is 2.06 bits per heavy atom. The van der Waals surface area contributed by atoms with Crippen LogP contribution in [-0.2, 0) is 11.3 Å². The van der Waals surface area contributed by atoms with Crippen molar-refractivity contribution in [3.05, 3.63) is 34.7 Å². The highest BCUT2D eigenvalue weighted by Crippen LogP contribution is 2.39.